The second-order valence-corrected chi connectivity index (χ2v) is 9.73. The summed E-state index contributed by atoms with van der Waals surface area (Å²) < 4.78 is 12.7. The maximum Gasteiger partial charge on any atom is 0.313 e. The molecule has 1 aromatic heterocycles. The van der Waals surface area contributed by atoms with Crippen LogP contribution < -0.4 is 5.32 Å². The van der Waals surface area contributed by atoms with Gasteiger partial charge in [0.15, 0.2) is 0 Å². The second kappa shape index (κ2) is 11.5. The summed E-state index contributed by atoms with van der Waals surface area (Å²) >= 11 is 6.39. The number of hydrogen-bond acceptors (Lipinski definition) is 5. The van der Waals surface area contributed by atoms with E-state index in [1.165, 1.54) is 0 Å². The van der Waals surface area contributed by atoms with Gasteiger partial charge in [-0.15, -0.1) is 0 Å². The van der Waals surface area contributed by atoms with Crippen LogP contribution in [0.2, 0.25) is 5.02 Å². The fourth-order valence-electron chi connectivity index (χ4n) is 5.02. The van der Waals surface area contributed by atoms with E-state index in [1.807, 2.05) is 50.4 Å². The molecule has 1 fully saturated rings. The zero-order chi connectivity index (χ0) is 25.8. The van der Waals surface area contributed by atoms with Crippen LogP contribution in [0.1, 0.15) is 58.9 Å². The molecule has 1 unspecified atom stereocenters. The van der Waals surface area contributed by atoms with Gasteiger partial charge in [0, 0.05) is 25.6 Å². The van der Waals surface area contributed by atoms with Crippen LogP contribution in [0.4, 0.5) is 0 Å². The summed E-state index contributed by atoms with van der Waals surface area (Å²) in [4.78, 5) is 26.0. The normalized spacial score (nSPS) is 16.0. The number of amides is 1. The van der Waals surface area contributed by atoms with Gasteiger partial charge in [-0.2, -0.15) is 0 Å². The topological polar surface area (TPSA) is 89.8 Å². The molecule has 1 amide bonds. The molecular formula is C28H33ClN2O5. The Bertz CT molecular complexity index is 1230. The van der Waals surface area contributed by atoms with Gasteiger partial charge in [-0.3, -0.25) is 9.59 Å². The monoisotopic (exact) mass is 512 g/mol. The molecule has 0 radical (unpaired) electrons. The summed E-state index contributed by atoms with van der Waals surface area (Å²) in [5.41, 5.74) is 3.95. The van der Waals surface area contributed by atoms with Gasteiger partial charge in [0.05, 0.1) is 35.7 Å². The van der Waals surface area contributed by atoms with E-state index in [0.29, 0.717) is 30.5 Å². The van der Waals surface area contributed by atoms with Crippen LogP contribution in [0.3, 0.4) is 0 Å². The lowest BCUT2D eigenvalue weighted by atomic mass is 9.81. The standard InChI is InChI=1S/C28H33ClN2O5/c1-4-36-28(34)26(20-9-11-35-12-10-20)19-7-5-18(6-8-19)23(16-32)30-27(33)25-15-21-22(29)13-17(2)14-24(21)31(25)3/h5-8,13-15,20,23,26,32H,4,9-12,16H2,1-3H3,(H,30,33)/t23-,26?/m1/s1. The number of fused-ring (bicyclic) bond motifs is 1. The van der Waals surface area contributed by atoms with Crippen molar-refractivity contribution in [2.24, 2.45) is 13.0 Å². The molecule has 8 heteroatoms. The van der Waals surface area contributed by atoms with E-state index in [2.05, 4.69) is 5.32 Å². The van der Waals surface area contributed by atoms with E-state index in [0.717, 1.165) is 40.4 Å². The number of esters is 1. The SMILES string of the molecule is CCOC(=O)C(c1ccc([C@@H](CO)NC(=O)c2cc3c(Cl)cc(C)cc3n2C)cc1)C1CCOCC1. The number of carbonyl (C=O) groups excluding carboxylic acids is 2. The van der Waals surface area contributed by atoms with Gasteiger partial charge in [-0.05, 0) is 67.5 Å². The third-order valence-corrected chi connectivity index (χ3v) is 7.26. The van der Waals surface area contributed by atoms with Crippen LogP contribution in [0.25, 0.3) is 10.9 Å². The van der Waals surface area contributed by atoms with Crippen molar-refractivity contribution in [1.82, 2.24) is 9.88 Å². The number of nitrogens with one attached hydrogen (secondary N) is 1. The number of nitrogens with zero attached hydrogens (tertiary/aromatic N) is 1. The fraction of sp³-hybridized carbons (Fsp3) is 0.429. The van der Waals surface area contributed by atoms with Crippen LogP contribution >= 0.6 is 11.6 Å². The highest BCUT2D eigenvalue weighted by Crippen LogP contribution is 2.34. The lowest BCUT2D eigenvalue weighted by molar-refractivity contribution is -0.147. The van der Waals surface area contributed by atoms with Crippen molar-refractivity contribution in [1.29, 1.82) is 0 Å². The molecule has 2 aromatic carbocycles. The quantitative estimate of drug-likeness (QED) is 0.428. The predicted molar refractivity (Wildman–Crippen MR) is 139 cm³/mol. The smallest absolute Gasteiger partial charge is 0.313 e. The molecule has 1 aliphatic heterocycles. The van der Waals surface area contributed by atoms with Crippen LogP contribution in [0, 0.1) is 12.8 Å². The van der Waals surface area contributed by atoms with Crippen molar-refractivity contribution in [3.05, 3.63) is 69.9 Å². The molecule has 0 spiro atoms. The molecule has 36 heavy (non-hydrogen) atoms. The van der Waals surface area contributed by atoms with Crippen molar-refractivity contribution in [3.8, 4) is 0 Å². The Morgan fingerprint density at radius 1 is 1.17 bits per heavy atom. The average molecular weight is 513 g/mol. The number of hydrogen-bond donors (Lipinski definition) is 2. The number of aromatic nitrogens is 1. The van der Waals surface area contributed by atoms with Crippen LogP contribution in [0.15, 0.2) is 42.5 Å². The summed E-state index contributed by atoms with van der Waals surface area (Å²) in [7, 11) is 1.82. The molecule has 2 atom stereocenters. The van der Waals surface area contributed by atoms with Gasteiger partial charge in [-0.25, -0.2) is 0 Å². The molecule has 0 saturated carbocycles. The molecule has 0 aliphatic carbocycles. The highest BCUT2D eigenvalue weighted by molar-refractivity contribution is 6.35. The molecule has 2 heterocycles. The van der Waals surface area contributed by atoms with Gasteiger partial charge in [0.25, 0.3) is 5.91 Å². The summed E-state index contributed by atoms with van der Waals surface area (Å²) in [6.07, 6.45) is 1.60. The number of aryl methyl sites for hydroxylation is 2. The minimum atomic E-state index is -0.606. The Kier molecular flexibility index (Phi) is 8.34. The molecule has 0 bridgehead atoms. The molecule has 192 valence electrons. The Balaban J connectivity index is 1.55. The minimum Gasteiger partial charge on any atom is -0.466 e. The zero-order valence-corrected chi connectivity index (χ0v) is 21.7. The van der Waals surface area contributed by atoms with E-state index in [4.69, 9.17) is 21.1 Å². The number of ether oxygens (including phenoxy) is 2. The molecular weight excluding hydrogens is 480 g/mol. The number of rotatable bonds is 8. The number of aliphatic hydroxyl groups excluding tert-OH is 1. The summed E-state index contributed by atoms with van der Waals surface area (Å²) in [6.45, 7) is 5.09. The van der Waals surface area contributed by atoms with Crippen molar-refractivity contribution < 1.29 is 24.2 Å². The van der Waals surface area contributed by atoms with E-state index in [1.54, 1.807) is 17.6 Å². The summed E-state index contributed by atoms with van der Waals surface area (Å²) in [6, 6.07) is 12.5. The van der Waals surface area contributed by atoms with E-state index < -0.39 is 6.04 Å². The first-order valence-electron chi connectivity index (χ1n) is 12.4. The zero-order valence-electron chi connectivity index (χ0n) is 20.9. The average Bonchev–Trinajstić information content (AvgIpc) is 3.20. The predicted octanol–water partition coefficient (Wildman–Crippen LogP) is 4.68. The highest BCUT2D eigenvalue weighted by atomic mass is 35.5. The highest BCUT2D eigenvalue weighted by Gasteiger charge is 2.32. The molecule has 2 N–H and O–H groups in total. The number of benzene rings is 2. The molecule has 3 aromatic rings. The third-order valence-electron chi connectivity index (χ3n) is 6.95. The van der Waals surface area contributed by atoms with Gasteiger partial charge < -0.3 is 24.5 Å². The Morgan fingerprint density at radius 3 is 2.47 bits per heavy atom. The van der Waals surface area contributed by atoms with E-state index >= 15 is 0 Å². The minimum absolute atomic E-state index is 0.152. The number of carbonyl (C=O) groups is 2. The lowest BCUT2D eigenvalue weighted by Gasteiger charge is -2.29. The molecule has 1 saturated heterocycles. The Labute approximate surface area is 216 Å². The number of halogens is 1. The second-order valence-electron chi connectivity index (χ2n) is 9.32. The van der Waals surface area contributed by atoms with Crippen molar-refractivity contribution >= 4 is 34.4 Å². The summed E-state index contributed by atoms with van der Waals surface area (Å²) in [5, 5.41) is 14.4. The molecule has 7 nitrogen and oxygen atoms in total. The van der Waals surface area contributed by atoms with Gasteiger partial charge >= 0.3 is 5.97 Å². The fourth-order valence-corrected chi connectivity index (χ4v) is 5.34. The Hall–Kier alpha value is -2.87. The van der Waals surface area contributed by atoms with E-state index in [9.17, 15) is 14.7 Å². The van der Waals surface area contributed by atoms with Gasteiger partial charge in [0.1, 0.15) is 5.69 Å². The number of aliphatic hydroxyl groups is 1. The first-order chi connectivity index (χ1) is 17.3. The first kappa shape index (κ1) is 26.2. The van der Waals surface area contributed by atoms with Crippen LogP contribution in [0.5, 0.6) is 0 Å². The van der Waals surface area contributed by atoms with Crippen molar-refractivity contribution in [2.75, 3.05) is 26.4 Å². The molecule has 1 aliphatic rings. The van der Waals surface area contributed by atoms with Gasteiger partial charge in [0.2, 0.25) is 0 Å². The maximum absolute atomic E-state index is 13.2. The Morgan fingerprint density at radius 2 is 1.83 bits per heavy atom. The lowest BCUT2D eigenvalue weighted by Crippen LogP contribution is -2.32. The largest absolute Gasteiger partial charge is 0.466 e. The third kappa shape index (κ3) is 5.43. The van der Waals surface area contributed by atoms with E-state index in [-0.39, 0.29) is 30.3 Å². The first-order valence-corrected chi connectivity index (χ1v) is 12.7. The van der Waals surface area contributed by atoms with Crippen LogP contribution in [-0.4, -0.2) is 48.0 Å². The van der Waals surface area contributed by atoms with Crippen molar-refractivity contribution in [2.45, 2.75) is 38.6 Å². The van der Waals surface area contributed by atoms with Crippen LogP contribution in [-0.2, 0) is 21.3 Å². The van der Waals surface area contributed by atoms with Crippen molar-refractivity contribution in [3.63, 3.8) is 0 Å². The van der Waals surface area contributed by atoms with Gasteiger partial charge in [-0.1, -0.05) is 35.9 Å². The molecule has 4 rings (SSSR count). The summed E-state index contributed by atoms with van der Waals surface area (Å²) in [5.74, 6) is -0.751. The maximum atomic E-state index is 13.2.